The minimum atomic E-state index is -0.428. The molecule has 1 saturated heterocycles. The Kier molecular flexibility index (Phi) is 2.59. The van der Waals surface area contributed by atoms with Gasteiger partial charge in [-0.1, -0.05) is 0 Å². The number of imide groups is 1. The van der Waals surface area contributed by atoms with Crippen LogP contribution in [0.2, 0.25) is 0 Å². The molecule has 0 saturated carbocycles. The largest absolute Gasteiger partial charge is 0.298 e. The number of amides is 2. The van der Waals surface area contributed by atoms with E-state index in [1.165, 1.54) is 6.33 Å². The predicted molar refractivity (Wildman–Crippen MR) is 63.5 cm³/mol. The van der Waals surface area contributed by atoms with Crippen molar-refractivity contribution in [2.45, 2.75) is 18.8 Å². The number of hydrogen-bond donors (Lipinski definition) is 1. The van der Waals surface area contributed by atoms with Gasteiger partial charge in [-0.15, -0.1) is 10.2 Å². The van der Waals surface area contributed by atoms with Gasteiger partial charge in [0.25, 0.3) is 0 Å². The van der Waals surface area contributed by atoms with Crippen LogP contribution in [0, 0.1) is 0 Å². The molecule has 7 heteroatoms. The molecule has 1 aliphatic rings. The van der Waals surface area contributed by atoms with Crippen LogP contribution in [0.4, 0.5) is 0 Å². The quantitative estimate of drug-likeness (QED) is 0.607. The van der Waals surface area contributed by atoms with Gasteiger partial charge in [0.15, 0.2) is 11.9 Å². The molecule has 2 amide bonds. The van der Waals surface area contributed by atoms with E-state index in [4.69, 9.17) is 0 Å². The zero-order chi connectivity index (χ0) is 13.4. The first-order chi connectivity index (χ1) is 9.19. The normalized spacial score (nSPS) is 19.5. The van der Waals surface area contributed by atoms with Crippen molar-refractivity contribution in [3.05, 3.63) is 29.7 Å². The van der Waals surface area contributed by atoms with Gasteiger partial charge in [0.1, 0.15) is 6.33 Å². The molecule has 0 spiro atoms. The van der Waals surface area contributed by atoms with Crippen molar-refractivity contribution in [2.24, 2.45) is 0 Å². The van der Waals surface area contributed by atoms with Crippen molar-refractivity contribution in [1.82, 2.24) is 19.9 Å². The number of nitrogens with zero attached hydrogens (tertiary/aromatic N) is 3. The van der Waals surface area contributed by atoms with Crippen LogP contribution in [0.5, 0.6) is 0 Å². The number of hydrogen-bond acceptors (Lipinski definition) is 5. The lowest BCUT2D eigenvalue weighted by molar-refractivity contribution is -0.134. The number of aldehydes is 1. The Hall–Kier alpha value is -2.57. The summed E-state index contributed by atoms with van der Waals surface area (Å²) in [5, 5.41) is 9.86. The lowest BCUT2D eigenvalue weighted by atomic mass is 9.91. The smallest absolute Gasteiger partial charge is 0.234 e. The van der Waals surface area contributed by atoms with Crippen molar-refractivity contribution in [1.29, 1.82) is 0 Å². The SMILES string of the molecule is O=Cc1cc(C2CCC(=O)NC2=O)cn2cnnc12. The Morgan fingerprint density at radius 3 is 3.00 bits per heavy atom. The van der Waals surface area contributed by atoms with E-state index >= 15 is 0 Å². The monoisotopic (exact) mass is 258 g/mol. The number of carbonyl (C=O) groups is 3. The zero-order valence-corrected chi connectivity index (χ0v) is 9.87. The van der Waals surface area contributed by atoms with E-state index in [1.807, 2.05) is 0 Å². The highest BCUT2D eigenvalue weighted by Gasteiger charge is 2.28. The molecule has 0 aromatic carbocycles. The van der Waals surface area contributed by atoms with E-state index in [2.05, 4.69) is 15.5 Å². The second kappa shape index (κ2) is 4.27. The summed E-state index contributed by atoms with van der Waals surface area (Å²) < 4.78 is 1.60. The number of pyridine rings is 1. The maximum atomic E-state index is 11.8. The predicted octanol–water partition coefficient (Wildman–Crippen LogP) is 0.0620. The highest BCUT2D eigenvalue weighted by Crippen LogP contribution is 2.25. The minimum Gasteiger partial charge on any atom is -0.298 e. The highest BCUT2D eigenvalue weighted by atomic mass is 16.2. The van der Waals surface area contributed by atoms with E-state index in [1.54, 1.807) is 16.7 Å². The lowest BCUT2D eigenvalue weighted by Gasteiger charge is -2.21. The number of fused-ring (bicyclic) bond motifs is 1. The van der Waals surface area contributed by atoms with Crippen LogP contribution in [0.3, 0.4) is 0 Å². The number of aromatic nitrogens is 3. The Labute approximate surface area is 107 Å². The first-order valence-corrected chi connectivity index (χ1v) is 5.81. The summed E-state index contributed by atoms with van der Waals surface area (Å²) in [7, 11) is 0. The fraction of sp³-hybridized carbons (Fsp3) is 0.250. The maximum absolute atomic E-state index is 11.8. The first kappa shape index (κ1) is 11.5. The third kappa shape index (κ3) is 1.88. The summed E-state index contributed by atoms with van der Waals surface area (Å²) in [6, 6.07) is 1.62. The van der Waals surface area contributed by atoms with Crippen molar-refractivity contribution in [2.75, 3.05) is 0 Å². The van der Waals surface area contributed by atoms with Crippen LogP contribution >= 0.6 is 0 Å². The van der Waals surface area contributed by atoms with Gasteiger partial charge in [-0.3, -0.25) is 24.1 Å². The molecule has 1 unspecified atom stereocenters. The molecule has 2 aromatic heterocycles. The van der Waals surface area contributed by atoms with Gasteiger partial charge < -0.3 is 0 Å². The molecular formula is C12H10N4O3. The van der Waals surface area contributed by atoms with Gasteiger partial charge in [0.2, 0.25) is 11.8 Å². The molecule has 1 aliphatic heterocycles. The molecule has 0 bridgehead atoms. The van der Waals surface area contributed by atoms with Crippen LogP contribution in [-0.2, 0) is 9.59 Å². The highest BCUT2D eigenvalue weighted by molar-refractivity contribution is 6.01. The van der Waals surface area contributed by atoms with Crippen LogP contribution in [0.1, 0.15) is 34.7 Å². The van der Waals surface area contributed by atoms with Gasteiger partial charge in [-0.25, -0.2) is 0 Å². The van der Waals surface area contributed by atoms with Crippen molar-refractivity contribution in [3.63, 3.8) is 0 Å². The van der Waals surface area contributed by atoms with Crippen LogP contribution in [0.15, 0.2) is 18.6 Å². The molecule has 0 radical (unpaired) electrons. The first-order valence-electron chi connectivity index (χ1n) is 5.81. The van der Waals surface area contributed by atoms with Gasteiger partial charge in [-0.05, 0) is 18.1 Å². The zero-order valence-electron chi connectivity index (χ0n) is 9.87. The van der Waals surface area contributed by atoms with Crippen molar-refractivity contribution in [3.8, 4) is 0 Å². The summed E-state index contributed by atoms with van der Waals surface area (Å²) in [4.78, 5) is 34.0. The van der Waals surface area contributed by atoms with Crippen molar-refractivity contribution < 1.29 is 14.4 Å². The molecule has 0 aliphatic carbocycles. The summed E-state index contributed by atoms with van der Waals surface area (Å²) >= 11 is 0. The van der Waals surface area contributed by atoms with Gasteiger partial charge >= 0.3 is 0 Å². The summed E-state index contributed by atoms with van der Waals surface area (Å²) in [5.74, 6) is -1.02. The number of piperidine rings is 1. The van der Waals surface area contributed by atoms with Crippen molar-refractivity contribution >= 4 is 23.7 Å². The molecule has 96 valence electrons. The molecule has 2 aromatic rings. The Balaban J connectivity index is 2.07. The van der Waals surface area contributed by atoms with Gasteiger partial charge in [0.05, 0.1) is 11.5 Å². The van der Waals surface area contributed by atoms with E-state index in [-0.39, 0.29) is 11.8 Å². The standard InChI is InChI=1S/C12H10N4O3/c17-5-8-3-7(4-16-6-13-15-11(8)16)9-1-2-10(18)14-12(9)19/h3-6,9H,1-2H2,(H,14,18,19). The lowest BCUT2D eigenvalue weighted by Crippen LogP contribution is -2.39. The van der Waals surface area contributed by atoms with E-state index in [0.29, 0.717) is 35.9 Å². The van der Waals surface area contributed by atoms with Gasteiger partial charge in [-0.2, -0.15) is 0 Å². The summed E-state index contributed by atoms with van der Waals surface area (Å²) in [5.41, 5.74) is 1.50. The molecule has 3 rings (SSSR count). The van der Waals surface area contributed by atoms with Crippen LogP contribution in [0.25, 0.3) is 5.65 Å². The summed E-state index contributed by atoms with van der Waals surface area (Å²) in [6.07, 6.45) is 4.60. The Bertz CT molecular complexity index is 691. The van der Waals surface area contributed by atoms with Crippen LogP contribution in [-0.4, -0.2) is 32.7 Å². The minimum absolute atomic E-state index is 0.262. The molecule has 3 heterocycles. The van der Waals surface area contributed by atoms with Gasteiger partial charge in [0, 0.05) is 12.6 Å². The number of nitrogens with one attached hydrogen (secondary N) is 1. The molecular weight excluding hydrogens is 248 g/mol. The molecule has 7 nitrogen and oxygen atoms in total. The molecule has 19 heavy (non-hydrogen) atoms. The fourth-order valence-electron chi connectivity index (χ4n) is 2.27. The maximum Gasteiger partial charge on any atom is 0.234 e. The third-order valence-corrected chi connectivity index (χ3v) is 3.21. The Morgan fingerprint density at radius 1 is 1.42 bits per heavy atom. The average Bonchev–Trinajstić information content (AvgIpc) is 2.85. The Morgan fingerprint density at radius 2 is 2.26 bits per heavy atom. The number of carbonyl (C=O) groups excluding carboxylic acids is 3. The fourth-order valence-corrected chi connectivity index (χ4v) is 2.27. The van der Waals surface area contributed by atoms with E-state index in [9.17, 15) is 14.4 Å². The number of rotatable bonds is 2. The second-order valence-electron chi connectivity index (χ2n) is 4.41. The van der Waals surface area contributed by atoms with E-state index < -0.39 is 5.92 Å². The van der Waals surface area contributed by atoms with Crippen LogP contribution < -0.4 is 5.32 Å². The average molecular weight is 258 g/mol. The molecule has 1 fully saturated rings. The molecule has 1 atom stereocenters. The topological polar surface area (TPSA) is 93.4 Å². The van der Waals surface area contributed by atoms with E-state index in [0.717, 1.165) is 0 Å². The molecule has 1 N–H and O–H groups in total. The third-order valence-electron chi connectivity index (χ3n) is 3.21. The summed E-state index contributed by atoms with van der Waals surface area (Å²) in [6.45, 7) is 0. The second-order valence-corrected chi connectivity index (χ2v) is 4.41.